The molecule has 6 aromatic rings. The molecule has 0 bridgehead atoms. The number of benzene rings is 5. The molecule has 0 radical (unpaired) electrons. The number of aryl methyl sites for hydroxylation is 1. The molecule has 5 aromatic carbocycles. The second-order valence-electron chi connectivity index (χ2n) is 15.9. The van der Waals surface area contributed by atoms with Crippen LogP contribution in [0, 0.1) is 13.8 Å². The lowest BCUT2D eigenvalue weighted by atomic mass is 9.89. The van der Waals surface area contributed by atoms with Gasteiger partial charge in [-0.05, 0) is 119 Å². The third-order valence-corrected chi connectivity index (χ3v) is 12.7. The van der Waals surface area contributed by atoms with Gasteiger partial charge in [0, 0.05) is 30.9 Å². The Labute approximate surface area is 372 Å². The van der Waals surface area contributed by atoms with Crippen molar-refractivity contribution in [2.24, 2.45) is 0 Å². The Hall–Kier alpha value is -5.87. The van der Waals surface area contributed by atoms with Crippen LogP contribution < -0.4 is 19.5 Å². The lowest BCUT2D eigenvalue weighted by Crippen LogP contribution is -2.55. The zero-order valence-corrected chi connectivity index (χ0v) is 36.7. The van der Waals surface area contributed by atoms with Crippen LogP contribution in [0.4, 0.5) is 0 Å². The molecule has 9 nitrogen and oxygen atoms in total. The van der Waals surface area contributed by atoms with E-state index >= 15 is 0 Å². The summed E-state index contributed by atoms with van der Waals surface area (Å²) in [6.07, 6.45) is 2.90. The molecule has 1 aromatic heterocycles. The van der Waals surface area contributed by atoms with Crippen molar-refractivity contribution in [3.05, 3.63) is 176 Å². The monoisotopic (exact) mass is 869 g/mol. The van der Waals surface area contributed by atoms with Gasteiger partial charge in [-0.2, -0.15) is 0 Å². The molecule has 0 fully saturated rings. The molecule has 0 spiro atoms. The average molecular weight is 871 g/mol. The Kier molecular flexibility index (Phi) is 13.1. The van der Waals surface area contributed by atoms with Gasteiger partial charge < -0.3 is 24.3 Å². The minimum Gasteiger partial charge on any atom is -0.489 e. The maximum absolute atomic E-state index is 14.6. The molecular formula is C51H49Cl2N3O6. The number of rotatable bonds is 13. The first-order valence-corrected chi connectivity index (χ1v) is 21.7. The summed E-state index contributed by atoms with van der Waals surface area (Å²) >= 11 is 12.3. The van der Waals surface area contributed by atoms with Crippen molar-refractivity contribution < 1.29 is 28.5 Å². The van der Waals surface area contributed by atoms with Gasteiger partial charge in [-0.1, -0.05) is 103 Å². The summed E-state index contributed by atoms with van der Waals surface area (Å²) in [6.45, 7) is 7.31. The minimum atomic E-state index is -0.889. The number of methoxy groups -OCH3 is 1. The SMILES string of the molecule is CC[C@@H](c1ccccc1)N1Cc2cc3c(cc2C[C@H]1C(=O)NC(Cc1ccc(-c2ccnc(C)c2C)cc1)C(=O)OC)OC[C@H](c1cccc(OCc2ccc(Cl)c(Cl)c2)c1)O3. The molecule has 8 rings (SSSR count). The molecule has 1 amide bonds. The summed E-state index contributed by atoms with van der Waals surface area (Å²) in [5.41, 5.74) is 10.1. The van der Waals surface area contributed by atoms with E-state index in [0.717, 1.165) is 62.2 Å². The summed E-state index contributed by atoms with van der Waals surface area (Å²) in [4.78, 5) is 34.6. The predicted octanol–water partition coefficient (Wildman–Crippen LogP) is 10.5. The van der Waals surface area contributed by atoms with Gasteiger partial charge in [0.2, 0.25) is 5.91 Å². The summed E-state index contributed by atoms with van der Waals surface area (Å²) in [7, 11) is 1.35. The molecule has 2 aliphatic rings. The second-order valence-corrected chi connectivity index (χ2v) is 16.7. The van der Waals surface area contributed by atoms with E-state index in [9.17, 15) is 9.59 Å². The number of amides is 1. The van der Waals surface area contributed by atoms with Crippen LogP contribution in [-0.2, 0) is 40.3 Å². The molecule has 62 heavy (non-hydrogen) atoms. The van der Waals surface area contributed by atoms with Gasteiger partial charge in [-0.15, -0.1) is 0 Å². The normalized spacial score (nSPS) is 16.7. The standard InChI is InChI=1S/C51H49Cl2N3O6/c1-5-45(36-10-7-6-8-11-36)56-28-39-27-48-47(61-30-49(62-48)37-12-9-13-40(24-37)60-29-34-16-19-42(52)43(53)22-34)26-38(39)25-46(56)50(57)55-44(51(58)59-4)23-33-14-17-35(18-15-33)41-20-21-54-32(3)31(41)2/h6-22,24,26-27,44-46,49H,5,23,25,28-30H2,1-4H3,(H,55,57)/t44?,45-,46-,49+/m0/s1. The first-order valence-electron chi connectivity index (χ1n) is 20.9. The van der Waals surface area contributed by atoms with Gasteiger partial charge in [0.1, 0.15) is 25.0 Å². The van der Waals surface area contributed by atoms with Gasteiger partial charge in [0.05, 0.1) is 23.2 Å². The van der Waals surface area contributed by atoms with E-state index in [1.54, 1.807) is 12.1 Å². The van der Waals surface area contributed by atoms with Gasteiger partial charge >= 0.3 is 5.97 Å². The second kappa shape index (κ2) is 19.0. The molecule has 0 saturated heterocycles. The smallest absolute Gasteiger partial charge is 0.328 e. The number of aromatic nitrogens is 1. The predicted molar refractivity (Wildman–Crippen MR) is 242 cm³/mol. The summed E-state index contributed by atoms with van der Waals surface area (Å²) in [6, 6.07) is 36.1. The molecule has 4 atom stereocenters. The number of carbonyl (C=O) groups is 2. The number of carbonyl (C=O) groups excluding carboxylic acids is 2. The summed E-state index contributed by atoms with van der Waals surface area (Å²) in [5.74, 6) is 1.22. The van der Waals surface area contributed by atoms with Crippen LogP contribution in [-0.4, -0.2) is 47.6 Å². The summed E-state index contributed by atoms with van der Waals surface area (Å²) < 4.78 is 24.4. The molecule has 1 N–H and O–H groups in total. The molecule has 3 heterocycles. The van der Waals surface area contributed by atoms with E-state index in [-0.39, 0.29) is 24.5 Å². The largest absolute Gasteiger partial charge is 0.489 e. The van der Waals surface area contributed by atoms with E-state index in [2.05, 4.69) is 47.2 Å². The minimum absolute atomic E-state index is 0.0721. The maximum Gasteiger partial charge on any atom is 0.328 e. The van der Waals surface area contributed by atoms with Crippen molar-refractivity contribution in [2.75, 3.05) is 13.7 Å². The van der Waals surface area contributed by atoms with Crippen molar-refractivity contribution in [3.8, 4) is 28.4 Å². The van der Waals surface area contributed by atoms with E-state index in [4.69, 9.17) is 42.1 Å². The van der Waals surface area contributed by atoms with Crippen molar-refractivity contribution in [2.45, 2.75) is 77.4 Å². The highest BCUT2D eigenvalue weighted by atomic mass is 35.5. The highest BCUT2D eigenvalue weighted by Crippen LogP contribution is 2.43. The highest BCUT2D eigenvalue weighted by Gasteiger charge is 2.39. The molecule has 11 heteroatoms. The van der Waals surface area contributed by atoms with Crippen LogP contribution in [0.15, 0.2) is 121 Å². The first-order chi connectivity index (χ1) is 30.1. The Morgan fingerprint density at radius 2 is 1.65 bits per heavy atom. The average Bonchev–Trinajstić information content (AvgIpc) is 3.29. The molecule has 2 aliphatic heterocycles. The molecule has 318 valence electrons. The number of fused-ring (bicyclic) bond motifs is 2. The van der Waals surface area contributed by atoms with Gasteiger partial charge in [0.25, 0.3) is 0 Å². The number of nitrogens with one attached hydrogen (secondary N) is 1. The quantitative estimate of drug-likeness (QED) is 0.115. The van der Waals surface area contributed by atoms with Crippen molar-refractivity contribution in [1.29, 1.82) is 0 Å². The zero-order chi connectivity index (χ0) is 43.3. The molecular weight excluding hydrogens is 821 g/mol. The van der Waals surface area contributed by atoms with Crippen LogP contribution >= 0.6 is 23.2 Å². The number of halogens is 2. The molecule has 0 aliphatic carbocycles. The van der Waals surface area contributed by atoms with Gasteiger partial charge in [-0.3, -0.25) is 14.7 Å². The third-order valence-electron chi connectivity index (χ3n) is 11.9. The topological polar surface area (TPSA) is 99.2 Å². The van der Waals surface area contributed by atoms with Crippen LogP contribution in [0.2, 0.25) is 10.0 Å². The van der Waals surface area contributed by atoms with Crippen LogP contribution in [0.3, 0.4) is 0 Å². The Balaban J connectivity index is 1.02. The van der Waals surface area contributed by atoms with Crippen molar-refractivity contribution in [3.63, 3.8) is 0 Å². The first kappa shape index (κ1) is 42.8. The van der Waals surface area contributed by atoms with Crippen LogP contribution in [0.5, 0.6) is 17.2 Å². The Bertz CT molecular complexity index is 2570. The number of hydrogen-bond acceptors (Lipinski definition) is 8. The van der Waals surface area contributed by atoms with E-state index < -0.39 is 18.1 Å². The lowest BCUT2D eigenvalue weighted by molar-refractivity contribution is -0.146. The van der Waals surface area contributed by atoms with Crippen LogP contribution in [0.1, 0.15) is 70.1 Å². The van der Waals surface area contributed by atoms with E-state index in [0.29, 0.717) is 53.5 Å². The fourth-order valence-electron chi connectivity index (χ4n) is 8.46. The van der Waals surface area contributed by atoms with Gasteiger partial charge in [0.15, 0.2) is 17.6 Å². The Morgan fingerprint density at radius 3 is 2.40 bits per heavy atom. The number of esters is 1. The molecule has 1 unspecified atom stereocenters. The highest BCUT2D eigenvalue weighted by molar-refractivity contribution is 6.42. The van der Waals surface area contributed by atoms with Crippen molar-refractivity contribution in [1.82, 2.24) is 15.2 Å². The maximum atomic E-state index is 14.6. The fraction of sp³-hybridized carbons (Fsp3) is 0.275. The van der Waals surface area contributed by atoms with E-state index in [1.807, 2.05) is 98.0 Å². The fourth-order valence-corrected chi connectivity index (χ4v) is 8.78. The third kappa shape index (κ3) is 9.45. The number of hydrogen-bond donors (Lipinski definition) is 1. The summed E-state index contributed by atoms with van der Waals surface area (Å²) in [5, 5.41) is 4.09. The van der Waals surface area contributed by atoms with Crippen molar-refractivity contribution >= 4 is 35.1 Å². The lowest BCUT2D eigenvalue weighted by Gasteiger charge is -2.42. The van der Waals surface area contributed by atoms with Gasteiger partial charge in [-0.25, -0.2) is 4.79 Å². The van der Waals surface area contributed by atoms with Crippen LogP contribution in [0.25, 0.3) is 11.1 Å². The zero-order valence-electron chi connectivity index (χ0n) is 35.2. The van der Waals surface area contributed by atoms with E-state index in [1.165, 1.54) is 7.11 Å². The Morgan fingerprint density at radius 1 is 0.871 bits per heavy atom. The number of pyridine rings is 1. The molecule has 0 saturated carbocycles. The number of ether oxygens (including phenoxy) is 4. The number of nitrogens with zero attached hydrogens (tertiary/aromatic N) is 2.